The fraction of sp³-hybridized carbons (Fsp3) is 0.200. The summed E-state index contributed by atoms with van der Waals surface area (Å²) in [5.41, 5.74) is 0. The van der Waals surface area contributed by atoms with E-state index in [2.05, 4.69) is 6.07 Å². The van der Waals surface area contributed by atoms with Crippen molar-refractivity contribution in [3.8, 4) is 0 Å². The van der Waals surface area contributed by atoms with Crippen LogP contribution in [0.25, 0.3) is 10.1 Å². The quantitative estimate of drug-likeness (QED) is 0.779. The first kappa shape index (κ1) is 9.15. The normalized spacial score (nSPS) is 10.6. The van der Waals surface area contributed by atoms with Crippen LogP contribution in [0.4, 0.5) is 0 Å². The van der Waals surface area contributed by atoms with E-state index in [0.717, 1.165) is 0 Å². The monoisotopic (exact) mass is 208 g/mol. The van der Waals surface area contributed by atoms with E-state index in [1.54, 1.807) is 11.3 Å². The molecule has 2 heterocycles. The van der Waals surface area contributed by atoms with Gasteiger partial charge in [-0.25, -0.2) is 4.57 Å². The zero-order valence-electron chi connectivity index (χ0n) is 7.51. The molecule has 0 atom stereocenters. The number of aryl methyl sites for hydroxylation is 1. The summed E-state index contributed by atoms with van der Waals surface area (Å²) in [7, 11) is 0. The number of hydrogen-bond donors (Lipinski definition) is 1. The number of aliphatic carboxylic acids is 1. The van der Waals surface area contributed by atoms with E-state index in [9.17, 15) is 4.79 Å². The SMILES string of the molecule is O=C(O)CC[n+]1ccc2ccsc2c1. The second-order valence-electron chi connectivity index (χ2n) is 3.07. The molecule has 0 amide bonds. The molecule has 0 saturated carbocycles. The average molecular weight is 208 g/mol. The van der Waals surface area contributed by atoms with E-state index in [4.69, 9.17) is 5.11 Å². The summed E-state index contributed by atoms with van der Waals surface area (Å²) in [6.45, 7) is 0.531. The molecule has 0 spiro atoms. The Balaban J connectivity index is 2.21. The van der Waals surface area contributed by atoms with Crippen molar-refractivity contribution in [3.63, 3.8) is 0 Å². The lowest BCUT2D eigenvalue weighted by molar-refractivity contribution is -0.694. The van der Waals surface area contributed by atoms with Gasteiger partial charge in [0, 0.05) is 11.5 Å². The summed E-state index contributed by atoms with van der Waals surface area (Å²) >= 11 is 1.67. The van der Waals surface area contributed by atoms with Crippen molar-refractivity contribution in [3.05, 3.63) is 29.9 Å². The van der Waals surface area contributed by atoms with Crippen molar-refractivity contribution < 1.29 is 14.5 Å². The molecular weight excluding hydrogens is 198 g/mol. The van der Waals surface area contributed by atoms with Gasteiger partial charge in [0.1, 0.15) is 6.42 Å². The minimum atomic E-state index is -0.760. The summed E-state index contributed by atoms with van der Waals surface area (Å²) in [4.78, 5) is 10.4. The summed E-state index contributed by atoms with van der Waals surface area (Å²) in [5.74, 6) is -0.760. The molecule has 0 unspecified atom stereocenters. The number of hydrogen-bond acceptors (Lipinski definition) is 2. The fourth-order valence-electron chi connectivity index (χ4n) is 1.31. The molecule has 0 fully saturated rings. The number of aromatic nitrogens is 1. The van der Waals surface area contributed by atoms with Crippen LogP contribution in [0.2, 0.25) is 0 Å². The van der Waals surface area contributed by atoms with Crippen molar-refractivity contribution in [2.45, 2.75) is 13.0 Å². The molecule has 4 heteroatoms. The highest BCUT2D eigenvalue weighted by atomic mass is 32.1. The van der Waals surface area contributed by atoms with Crippen LogP contribution >= 0.6 is 11.3 Å². The standard InChI is InChI=1S/C10H9NO2S/c12-10(13)2-5-11-4-1-8-3-6-14-9(8)7-11/h1,3-4,6-7H,2,5H2/p+1. The van der Waals surface area contributed by atoms with Gasteiger partial charge in [-0.15, -0.1) is 11.3 Å². The van der Waals surface area contributed by atoms with Gasteiger partial charge in [-0.2, -0.15) is 0 Å². The second kappa shape index (κ2) is 3.75. The van der Waals surface area contributed by atoms with Crippen LogP contribution < -0.4 is 4.57 Å². The first-order valence-corrected chi connectivity index (χ1v) is 5.22. The maximum atomic E-state index is 10.4. The Morgan fingerprint density at radius 1 is 1.50 bits per heavy atom. The third-order valence-corrected chi connectivity index (χ3v) is 2.91. The summed E-state index contributed by atoms with van der Waals surface area (Å²) in [5, 5.41) is 11.8. The first-order chi connectivity index (χ1) is 6.75. The lowest BCUT2D eigenvalue weighted by Gasteiger charge is -1.93. The van der Waals surface area contributed by atoms with Gasteiger partial charge in [0.2, 0.25) is 0 Å². The summed E-state index contributed by atoms with van der Waals surface area (Å²) in [6.07, 6.45) is 4.07. The molecule has 0 aliphatic carbocycles. The van der Waals surface area contributed by atoms with Crippen molar-refractivity contribution >= 4 is 27.4 Å². The lowest BCUT2D eigenvalue weighted by atomic mass is 10.3. The molecule has 14 heavy (non-hydrogen) atoms. The van der Waals surface area contributed by atoms with E-state index < -0.39 is 5.97 Å². The maximum absolute atomic E-state index is 10.4. The van der Waals surface area contributed by atoms with Gasteiger partial charge in [-0.3, -0.25) is 4.79 Å². The highest BCUT2D eigenvalue weighted by molar-refractivity contribution is 7.17. The molecule has 0 aromatic carbocycles. The fourth-order valence-corrected chi connectivity index (χ4v) is 2.14. The third-order valence-electron chi connectivity index (χ3n) is 2.04. The van der Waals surface area contributed by atoms with Gasteiger partial charge in [-0.05, 0) is 11.4 Å². The van der Waals surface area contributed by atoms with Crippen LogP contribution in [0.5, 0.6) is 0 Å². The Kier molecular flexibility index (Phi) is 2.45. The van der Waals surface area contributed by atoms with E-state index in [-0.39, 0.29) is 6.42 Å². The van der Waals surface area contributed by atoms with Crippen molar-refractivity contribution in [2.75, 3.05) is 0 Å². The minimum absolute atomic E-state index is 0.168. The van der Waals surface area contributed by atoms with Crippen LogP contribution in [-0.4, -0.2) is 11.1 Å². The number of carbonyl (C=O) groups is 1. The Morgan fingerprint density at radius 3 is 3.14 bits per heavy atom. The molecule has 2 rings (SSSR count). The highest BCUT2D eigenvalue weighted by Gasteiger charge is 2.06. The van der Waals surface area contributed by atoms with Crippen LogP contribution in [0.3, 0.4) is 0 Å². The Morgan fingerprint density at radius 2 is 2.36 bits per heavy atom. The molecule has 2 aromatic heterocycles. The van der Waals surface area contributed by atoms with E-state index in [0.29, 0.717) is 6.54 Å². The van der Waals surface area contributed by atoms with Gasteiger partial charge in [0.15, 0.2) is 18.9 Å². The van der Waals surface area contributed by atoms with Crippen LogP contribution in [0.15, 0.2) is 29.9 Å². The van der Waals surface area contributed by atoms with Crippen molar-refractivity contribution in [1.82, 2.24) is 0 Å². The number of fused-ring (bicyclic) bond motifs is 1. The first-order valence-electron chi connectivity index (χ1n) is 4.34. The molecule has 0 aliphatic heterocycles. The number of nitrogens with zero attached hydrogens (tertiary/aromatic N) is 1. The summed E-state index contributed by atoms with van der Waals surface area (Å²) in [6, 6.07) is 4.06. The Labute approximate surface area is 85.2 Å². The largest absolute Gasteiger partial charge is 0.481 e. The molecular formula is C10H10NO2S+. The van der Waals surface area contributed by atoms with Gasteiger partial charge < -0.3 is 5.11 Å². The Bertz CT molecular complexity index is 464. The minimum Gasteiger partial charge on any atom is -0.481 e. The van der Waals surface area contributed by atoms with E-state index >= 15 is 0 Å². The third kappa shape index (κ3) is 1.90. The number of carboxylic acid groups (broad SMARTS) is 1. The van der Waals surface area contributed by atoms with E-state index in [1.165, 1.54) is 10.1 Å². The topological polar surface area (TPSA) is 41.2 Å². The predicted molar refractivity (Wildman–Crippen MR) is 54.3 cm³/mol. The molecule has 3 nitrogen and oxygen atoms in total. The summed E-state index contributed by atoms with van der Waals surface area (Å²) < 4.78 is 3.10. The van der Waals surface area contributed by atoms with Crippen LogP contribution in [0.1, 0.15) is 6.42 Å². The predicted octanol–water partition coefficient (Wildman–Crippen LogP) is 1.66. The smallest absolute Gasteiger partial charge is 0.309 e. The van der Waals surface area contributed by atoms with Crippen LogP contribution in [0, 0.1) is 0 Å². The molecule has 72 valence electrons. The van der Waals surface area contributed by atoms with Gasteiger partial charge in [0.25, 0.3) is 0 Å². The molecule has 0 saturated heterocycles. The van der Waals surface area contributed by atoms with Gasteiger partial charge >= 0.3 is 5.97 Å². The number of thiophene rings is 1. The lowest BCUT2D eigenvalue weighted by Crippen LogP contribution is -2.33. The second-order valence-corrected chi connectivity index (χ2v) is 4.01. The molecule has 2 aromatic rings. The number of pyridine rings is 1. The zero-order valence-corrected chi connectivity index (χ0v) is 8.33. The number of rotatable bonds is 3. The van der Waals surface area contributed by atoms with E-state index in [1.807, 2.05) is 28.4 Å². The highest BCUT2D eigenvalue weighted by Crippen LogP contribution is 2.17. The average Bonchev–Trinajstić information content (AvgIpc) is 2.61. The van der Waals surface area contributed by atoms with Crippen molar-refractivity contribution in [1.29, 1.82) is 0 Å². The molecule has 0 bridgehead atoms. The van der Waals surface area contributed by atoms with Gasteiger partial charge in [-0.1, -0.05) is 0 Å². The molecule has 1 N–H and O–H groups in total. The molecule has 0 aliphatic rings. The molecule has 0 radical (unpaired) electrons. The van der Waals surface area contributed by atoms with Gasteiger partial charge in [0.05, 0.1) is 4.70 Å². The maximum Gasteiger partial charge on any atom is 0.309 e. The number of carboxylic acids is 1. The Hall–Kier alpha value is -1.42. The zero-order chi connectivity index (χ0) is 9.97. The van der Waals surface area contributed by atoms with Crippen LogP contribution in [-0.2, 0) is 11.3 Å². The van der Waals surface area contributed by atoms with Crippen molar-refractivity contribution in [2.24, 2.45) is 0 Å².